The first kappa shape index (κ1) is 20.8. The van der Waals surface area contributed by atoms with Crippen LogP contribution in [0.25, 0.3) is 0 Å². The van der Waals surface area contributed by atoms with E-state index in [9.17, 15) is 19.7 Å². The molecule has 2 aromatic carbocycles. The fourth-order valence-corrected chi connectivity index (χ4v) is 2.51. The Hall–Kier alpha value is -3.46. The van der Waals surface area contributed by atoms with Gasteiger partial charge in [0.15, 0.2) is 0 Å². The maximum absolute atomic E-state index is 12.6. The molecule has 2 rings (SSSR count). The second-order valence-corrected chi connectivity index (χ2v) is 6.13. The standard InChI is InChI=1S/C19H22N4O5/c1-13(14-6-4-9-17(10-14)23(26)27)22(2)19(25)21-16-8-5-7-15(11-16)20-18(24)12-28-3/h4-11,13H,12H2,1-3H3,(H,20,24)(H,21,25). The highest BCUT2D eigenvalue weighted by atomic mass is 16.6. The molecule has 2 N–H and O–H groups in total. The zero-order valence-electron chi connectivity index (χ0n) is 15.8. The number of non-ortho nitro benzene ring substituents is 1. The highest BCUT2D eigenvalue weighted by molar-refractivity contribution is 5.94. The van der Waals surface area contributed by atoms with Gasteiger partial charge in [0.2, 0.25) is 5.91 Å². The lowest BCUT2D eigenvalue weighted by Crippen LogP contribution is -2.33. The molecule has 1 unspecified atom stereocenters. The van der Waals surface area contributed by atoms with Crippen molar-refractivity contribution < 1.29 is 19.2 Å². The molecule has 0 saturated carbocycles. The Labute approximate surface area is 162 Å². The maximum atomic E-state index is 12.6. The van der Waals surface area contributed by atoms with Crippen LogP contribution in [0.4, 0.5) is 21.9 Å². The number of anilines is 2. The van der Waals surface area contributed by atoms with Crippen LogP contribution in [0.15, 0.2) is 48.5 Å². The molecule has 0 heterocycles. The molecule has 148 valence electrons. The average molecular weight is 386 g/mol. The monoisotopic (exact) mass is 386 g/mol. The number of urea groups is 1. The summed E-state index contributed by atoms with van der Waals surface area (Å²) < 4.78 is 4.76. The third kappa shape index (κ3) is 5.52. The third-order valence-electron chi connectivity index (χ3n) is 4.14. The van der Waals surface area contributed by atoms with E-state index in [0.717, 1.165) is 0 Å². The van der Waals surface area contributed by atoms with Gasteiger partial charge in [-0.3, -0.25) is 14.9 Å². The van der Waals surface area contributed by atoms with Crippen LogP contribution in [0.1, 0.15) is 18.5 Å². The number of nitrogens with one attached hydrogen (secondary N) is 2. The second kappa shape index (κ2) is 9.47. The first-order valence-electron chi connectivity index (χ1n) is 8.49. The molecule has 0 aliphatic heterocycles. The number of benzene rings is 2. The van der Waals surface area contributed by atoms with Gasteiger partial charge in [0.25, 0.3) is 5.69 Å². The predicted molar refractivity (Wildman–Crippen MR) is 105 cm³/mol. The third-order valence-corrected chi connectivity index (χ3v) is 4.14. The SMILES string of the molecule is COCC(=O)Nc1cccc(NC(=O)N(C)C(C)c2cccc([N+](=O)[O-])c2)c1. The van der Waals surface area contributed by atoms with Gasteiger partial charge in [0.1, 0.15) is 6.61 Å². The molecule has 0 saturated heterocycles. The Morgan fingerprint density at radius 3 is 2.43 bits per heavy atom. The minimum Gasteiger partial charge on any atom is -0.375 e. The van der Waals surface area contributed by atoms with Crippen molar-refractivity contribution in [3.8, 4) is 0 Å². The maximum Gasteiger partial charge on any atom is 0.322 e. The lowest BCUT2D eigenvalue weighted by Gasteiger charge is -2.25. The van der Waals surface area contributed by atoms with Crippen LogP contribution in [0.3, 0.4) is 0 Å². The average Bonchev–Trinajstić information content (AvgIpc) is 2.67. The van der Waals surface area contributed by atoms with Crippen LogP contribution in [-0.2, 0) is 9.53 Å². The number of ether oxygens (including phenoxy) is 1. The van der Waals surface area contributed by atoms with E-state index in [1.165, 1.54) is 24.1 Å². The number of carbonyl (C=O) groups is 2. The summed E-state index contributed by atoms with van der Waals surface area (Å²) in [7, 11) is 3.03. The highest BCUT2D eigenvalue weighted by Crippen LogP contribution is 2.24. The molecule has 9 heteroatoms. The van der Waals surface area contributed by atoms with E-state index >= 15 is 0 Å². The number of hydrogen-bond donors (Lipinski definition) is 2. The van der Waals surface area contributed by atoms with Crippen molar-refractivity contribution in [1.29, 1.82) is 0 Å². The molecule has 9 nitrogen and oxygen atoms in total. The van der Waals surface area contributed by atoms with E-state index in [-0.39, 0.29) is 30.3 Å². The number of rotatable bonds is 7. The molecule has 0 aliphatic rings. The molecule has 1 atom stereocenters. The molecule has 3 amide bonds. The van der Waals surface area contributed by atoms with E-state index in [0.29, 0.717) is 16.9 Å². The van der Waals surface area contributed by atoms with Crippen LogP contribution < -0.4 is 10.6 Å². The van der Waals surface area contributed by atoms with E-state index in [1.54, 1.807) is 50.4 Å². The summed E-state index contributed by atoms with van der Waals surface area (Å²) in [5.74, 6) is -0.303. The van der Waals surface area contributed by atoms with Crippen LogP contribution in [0.2, 0.25) is 0 Å². The Morgan fingerprint density at radius 2 is 1.79 bits per heavy atom. The van der Waals surface area contributed by atoms with Crippen LogP contribution in [0, 0.1) is 10.1 Å². The van der Waals surface area contributed by atoms with Crippen molar-refractivity contribution in [2.45, 2.75) is 13.0 Å². The van der Waals surface area contributed by atoms with Gasteiger partial charge in [-0.1, -0.05) is 18.2 Å². The summed E-state index contributed by atoms with van der Waals surface area (Å²) in [5.41, 5.74) is 1.64. The van der Waals surface area contributed by atoms with Crippen molar-refractivity contribution in [2.24, 2.45) is 0 Å². The number of nitrogens with zero attached hydrogens (tertiary/aromatic N) is 2. The topological polar surface area (TPSA) is 114 Å². The Balaban J connectivity index is 2.06. The predicted octanol–water partition coefficient (Wildman–Crippen LogP) is 3.40. The van der Waals surface area contributed by atoms with Crippen molar-refractivity contribution in [1.82, 2.24) is 4.90 Å². The van der Waals surface area contributed by atoms with Gasteiger partial charge in [0.05, 0.1) is 11.0 Å². The molecule has 0 fully saturated rings. The van der Waals surface area contributed by atoms with Crippen molar-refractivity contribution >= 4 is 29.0 Å². The van der Waals surface area contributed by atoms with Gasteiger partial charge in [-0.2, -0.15) is 0 Å². The van der Waals surface area contributed by atoms with E-state index in [2.05, 4.69) is 10.6 Å². The van der Waals surface area contributed by atoms with Gasteiger partial charge in [-0.05, 0) is 30.7 Å². The zero-order chi connectivity index (χ0) is 20.7. The molecular formula is C19H22N4O5. The van der Waals surface area contributed by atoms with E-state index in [1.807, 2.05) is 0 Å². The Morgan fingerprint density at radius 1 is 1.14 bits per heavy atom. The number of amides is 3. The molecule has 0 aliphatic carbocycles. The molecule has 0 aromatic heterocycles. The molecule has 2 aromatic rings. The fraction of sp³-hybridized carbons (Fsp3) is 0.263. The number of hydrogen-bond acceptors (Lipinski definition) is 5. The zero-order valence-corrected chi connectivity index (χ0v) is 15.8. The summed E-state index contributed by atoms with van der Waals surface area (Å²) in [4.78, 5) is 36.1. The van der Waals surface area contributed by atoms with Gasteiger partial charge < -0.3 is 20.3 Å². The van der Waals surface area contributed by atoms with Crippen LogP contribution in [0.5, 0.6) is 0 Å². The van der Waals surface area contributed by atoms with Crippen molar-refractivity contribution in [2.75, 3.05) is 31.4 Å². The first-order valence-corrected chi connectivity index (χ1v) is 8.49. The lowest BCUT2D eigenvalue weighted by molar-refractivity contribution is -0.384. The normalized spacial score (nSPS) is 11.4. The molecule has 0 spiro atoms. The number of nitro groups is 1. The number of carbonyl (C=O) groups excluding carboxylic acids is 2. The molecular weight excluding hydrogens is 364 g/mol. The van der Waals surface area contributed by atoms with Crippen molar-refractivity contribution in [3.63, 3.8) is 0 Å². The molecule has 0 bridgehead atoms. The summed E-state index contributed by atoms with van der Waals surface area (Å²) in [6, 6.07) is 12.1. The van der Waals surface area contributed by atoms with Crippen LogP contribution in [-0.4, -0.2) is 42.5 Å². The number of nitro benzene ring substituents is 1. The Kier molecular flexibility index (Phi) is 7.05. The first-order chi connectivity index (χ1) is 13.3. The minimum absolute atomic E-state index is 0.0299. The largest absolute Gasteiger partial charge is 0.375 e. The highest BCUT2D eigenvalue weighted by Gasteiger charge is 2.19. The van der Waals surface area contributed by atoms with Gasteiger partial charge in [-0.15, -0.1) is 0 Å². The van der Waals surface area contributed by atoms with Gasteiger partial charge in [-0.25, -0.2) is 4.79 Å². The lowest BCUT2D eigenvalue weighted by atomic mass is 10.1. The van der Waals surface area contributed by atoms with Crippen molar-refractivity contribution in [3.05, 3.63) is 64.2 Å². The quantitative estimate of drug-likeness (QED) is 0.559. The smallest absolute Gasteiger partial charge is 0.322 e. The fourth-order valence-electron chi connectivity index (χ4n) is 2.51. The summed E-state index contributed by atoms with van der Waals surface area (Å²) in [6.45, 7) is 1.71. The molecule has 0 radical (unpaired) electrons. The van der Waals surface area contributed by atoms with Crippen LogP contribution >= 0.6 is 0 Å². The van der Waals surface area contributed by atoms with Gasteiger partial charge >= 0.3 is 6.03 Å². The Bertz CT molecular complexity index is 871. The summed E-state index contributed by atoms with van der Waals surface area (Å²) >= 11 is 0. The number of methoxy groups -OCH3 is 1. The van der Waals surface area contributed by atoms with E-state index < -0.39 is 4.92 Å². The molecule has 28 heavy (non-hydrogen) atoms. The summed E-state index contributed by atoms with van der Waals surface area (Å²) in [6.07, 6.45) is 0. The van der Waals surface area contributed by atoms with Gasteiger partial charge in [0, 0.05) is 37.7 Å². The second-order valence-electron chi connectivity index (χ2n) is 6.13. The summed E-state index contributed by atoms with van der Waals surface area (Å²) in [5, 5.41) is 16.3. The minimum atomic E-state index is -0.473. The van der Waals surface area contributed by atoms with E-state index in [4.69, 9.17) is 4.74 Å².